The third kappa shape index (κ3) is 1.18. The van der Waals surface area contributed by atoms with Gasteiger partial charge in [-0.15, -0.1) is 0 Å². The van der Waals surface area contributed by atoms with E-state index in [0.717, 1.165) is 6.54 Å². The summed E-state index contributed by atoms with van der Waals surface area (Å²) < 4.78 is 5.60. The largest absolute Gasteiger partial charge is 0.365 e. The zero-order valence-corrected chi connectivity index (χ0v) is 7.63. The molecule has 2 rings (SSSR count). The number of fused-ring (bicyclic) bond motifs is 1. The normalized spacial score (nSPS) is 44.2. The van der Waals surface area contributed by atoms with Gasteiger partial charge in [0.1, 0.15) is 0 Å². The Labute approximate surface area is 68.5 Å². The first kappa shape index (κ1) is 7.56. The van der Waals surface area contributed by atoms with Crippen LogP contribution in [0.4, 0.5) is 0 Å². The van der Waals surface area contributed by atoms with Crippen molar-refractivity contribution in [3.8, 4) is 0 Å². The zero-order valence-electron chi connectivity index (χ0n) is 7.63. The first-order chi connectivity index (χ1) is 5.12. The van der Waals surface area contributed by atoms with E-state index in [9.17, 15) is 0 Å². The van der Waals surface area contributed by atoms with E-state index >= 15 is 0 Å². The van der Waals surface area contributed by atoms with Crippen LogP contribution in [-0.4, -0.2) is 35.7 Å². The van der Waals surface area contributed by atoms with Crippen molar-refractivity contribution in [2.75, 3.05) is 13.1 Å². The summed E-state index contributed by atoms with van der Waals surface area (Å²) in [4.78, 5) is 2.50. The van der Waals surface area contributed by atoms with Crippen LogP contribution in [0.5, 0.6) is 0 Å². The van der Waals surface area contributed by atoms with Gasteiger partial charge in [-0.1, -0.05) is 0 Å². The minimum atomic E-state index is 0.269. The molecule has 0 spiro atoms. The Bertz CT molecular complexity index is 169. The second-order valence-corrected chi connectivity index (χ2v) is 4.26. The second kappa shape index (κ2) is 2.20. The fraction of sp³-hybridized carbons (Fsp3) is 1.00. The minimum Gasteiger partial charge on any atom is -0.365 e. The molecule has 11 heavy (non-hydrogen) atoms. The van der Waals surface area contributed by atoms with E-state index in [4.69, 9.17) is 4.74 Å². The number of piperidine rings is 1. The highest BCUT2D eigenvalue weighted by Gasteiger charge is 2.55. The maximum atomic E-state index is 5.60. The average molecular weight is 155 g/mol. The topological polar surface area (TPSA) is 15.8 Å². The lowest BCUT2D eigenvalue weighted by Gasteiger charge is -2.30. The quantitative estimate of drug-likeness (QED) is 0.530. The molecule has 0 aromatic rings. The van der Waals surface area contributed by atoms with E-state index in [1.54, 1.807) is 0 Å². The molecule has 0 radical (unpaired) electrons. The van der Waals surface area contributed by atoms with Crippen molar-refractivity contribution in [3.63, 3.8) is 0 Å². The van der Waals surface area contributed by atoms with E-state index in [1.165, 1.54) is 13.0 Å². The Hall–Kier alpha value is -0.0800. The lowest BCUT2D eigenvalue weighted by molar-refractivity contribution is 0.187. The van der Waals surface area contributed by atoms with Gasteiger partial charge in [0.05, 0.1) is 11.7 Å². The number of rotatable bonds is 1. The third-order valence-corrected chi connectivity index (χ3v) is 3.06. The predicted octanol–water partition coefficient (Wildman–Crippen LogP) is 1.26. The number of likely N-dealkylation sites (tertiary alicyclic amines) is 1. The summed E-state index contributed by atoms with van der Waals surface area (Å²) >= 11 is 0. The van der Waals surface area contributed by atoms with Crippen molar-refractivity contribution >= 4 is 0 Å². The summed E-state index contributed by atoms with van der Waals surface area (Å²) in [5.74, 6) is 0. The molecule has 0 N–H and O–H groups in total. The Morgan fingerprint density at radius 1 is 1.55 bits per heavy atom. The standard InChI is InChI=1S/C9H17NO/c1-7(2)10-5-4-9(3)8(6-10)11-9/h7-8H,4-6H2,1-3H3/t8-,9+/m0/s1. The first-order valence-corrected chi connectivity index (χ1v) is 4.54. The molecule has 2 saturated heterocycles. The van der Waals surface area contributed by atoms with Crippen LogP contribution in [-0.2, 0) is 4.74 Å². The molecular weight excluding hydrogens is 138 g/mol. The lowest BCUT2D eigenvalue weighted by Crippen LogP contribution is -2.42. The molecule has 2 atom stereocenters. The molecule has 2 aliphatic heterocycles. The molecule has 2 aliphatic rings. The minimum absolute atomic E-state index is 0.269. The Morgan fingerprint density at radius 3 is 2.82 bits per heavy atom. The van der Waals surface area contributed by atoms with Crippen LogP contribution in [0.1, 0.15) is 27.2 Å². The van der Waals surface area contributed by atoms with Crippen LogP contribution in [0.2, 0.25) is 0 Å². The van der Waals surface area contributed by atoms with Gasteiger partial charge in [0.15, 0.2) is 0 Å². The van der Waals surface area contributed by atoms with E-state index < -0.39 is 0 Å². The van der Waals surface area contributed by atoms with Crippen LogP contribution < -0.4 is 0 Å². The monoisotopic (exact) mass is 155 g/mol. The summed E-state index contributed by atoms with van der Waals surface area (Å²) in [5.41, 5.74) is 0.269. The van der Waals surface area contributed by atoms with Gasteiger partial charge in [0.2, 0.25) is 0 Å². The van der Waals surface area contributed by atoms with E-state index in [0.29, 0.717) is 12.1 Å². The van der Waals surface area contributed by atoms with Gasteiger partial charge in [0, 0.05) is 19.1 Å². The molecule has 2 heteroatoms. The summed E-state index contributed by atoms with van der Waals surface area (Å²) in [5, 5.41) is 0. The molecule has 0 aromatic heterocycles. The molecule has 0 bridgehead atoms. The molecule has 2 heterocycles. The summed E-state index contributed by atoms with van der Waals surface area (Å²) in [6.45, 7) is 9.10. The van der Waals surface area contributed by atoms with Gasteiger partial charge in [-0.3, -0.25) is 4.90 Å². The summed E-state index contributed by atoms with van der Waals surface area (Å²) in [7, 11) is 0. The Morgan fingerprint density at radius 2 is 2.27 bits per heavy atom. The molecule has 0 saturated carbocycles. The van der Waals surface area contributed by atoms with Gasteiger partial charge in [-0.2, -0.15) is 0 Å². The van der Waals surface area contributed by atoms with Crippen molar-refractivity contribution in [1.29, 1.82) is 0 Å². The first-order valence-electron chi connectivity index (χ1n) is 4.54. The van der Waals surface area contributed by atoms with E-state index in [-0.39, 0.29) is 5.60 Å². The number of ether oxygens (including phenoxy) is 1. The van der Waals surface area contributed by atoms with Crippen LogP contribution in [0, 0.1) is 0 Å². The Balaban J connectivity index is 1.93. The fourth-order valence-electron chi connectivity index (χ4n) is 1.88. The van der Waals surface area contributed by atoms with Crippen molar-refractivity contribution in [2.24, 2.45) is 0 Å². The Kier molecular flexibility index (Phi) is 1.52. The zero-order chi connectivity index (χ0) is 8.06. The van der Waals surface area contributed by atoms with Crippen molar-refractivity contribution < 1.29 is 4.74 Å². The third-order valence-electron chi connectivity index (χ3n) is 3.06. The smallest absolute Gasteiger partial charge is 0.0997 e. The predicted molar refractivity (Wildman–Crippen MR) is 44.6 cm³/mol. The van der Waals surface area contributed by atoms with Gasteiger partial charge in [-0.05, 0) is 27.2 Å². The maximum Gasteiger partial charge on any atom is 0.0997 e. The van der Waals surface area contributed by atoms with Crippen molar-refractivity contribution in [2.45, 2.75) is 44.9 Å². The number of nitrogens with zero attached hydrogens (tertiary/aromatic N) is 1. The average Bonchev–Trinajstić information content (AvgIpc) is 2.58. The highest BCUT2D eigenvalue weighted by atomic mass is 16.6. The summed E-state index contributed by atoms with van der Waals surface area (Å²) in [6.07, 6.45) is 1.76. The maximum absolute atomic E-state index is 5.60. The molecular formula is C9H17NO. The highest BCUT2D eigenvalue weighted by molar-refractivity contribution is 5.04. The molecule has 64 valence electrons. The van der Waals surface area contributed by atoms with E-state index in [2.05, 4.69) is 25.7 Å². The van der Waals surface area contributed by atoms with Crippen LogP contribution in [0.15, 0.2) is 0 Å². The van der Waals surface area contributed by atoms with Crippen molar-refractivity contribution in [3.05, 3.63) is 0 Å². The second-order valence-electron chi connectivity index (χ2n) is 4.26. The van der Waals surface area contributed by atoms with Gasteiger partial charge in [0.25, 0.3) is 0 Å². The fourth-order valence-corrected chi connectivity index (χ4v) is 1.88. The molecule has 0 aromatic carbocycles. The van der Waals surface area contributed by atoms with Crippen LogP contribution in [0.3, 0.4) is 0 Å². The van der Waals surface area contributed by atoms with Gasteiger partial charge in [-0.25, -0.2) is 0 Å². The molecule has 0 aliphatic carbocycles. The van der Waals surface area contributed by atoms with Gasteiger partial charge >= 0.3 is 0 Å². The number of epoxide rings is 1. The molecule has 2 fully saturated rings. The number of hydrogen-bond donors (Lipinski definition) is 0. The highest BCUT2D eigenvalue weighted by Crippen LogP contribution is 2.43. The molecule has 2 nitrogen and oxygen atoms in total. The van der Waals surface area contributed by atoms with Crippen LogP contribution in [0.25, 0.3) is 0 Å². The van der Waals surface area contributed by atoms with Gasteiger partial charge < -0.3 is 4.74 Å². The summed E-state index contributed by atoms with van der Waals surface area (Å²) in [6, 6.07) is 0.684. The molecule has 0 amide bonds. The SMILES string of the molecule is CC(C)N1CC[C@@]2(C)O[C@H]2C1. The van der Waals surface area contributed by atoms with Crippen LogP contribution >= 0.6 is 0 Å². The van der Waals surface area contributed by atoms with Crippen molar-refractivity contribution in [1.82, 2.24) is 4.90 Å². The lowest BCUT2D eigenvalue weighted by atomic mass is 9.98. The number of hydrogen-bond acceptors (Lipinski definition) is 2. The molecule has 0 unspecified atom stereocenters. The van der Waals surface area contributed by atoms with E-state index in [1.807, 2.05) is 0 Å².